The second kappa shape index (κ2) is 7.45. The molecular formula is C19H21N5O3. The normalized spacial score (nSPS) is 10.7. The Balaban J connectivity index is 1.79. The second-order valence-corrected chi connectivity index (χ2v) is 6.29. The number of hydrogen-bond donors (Lipinski definition) is 2. The molecule has 140 valence electrons. The van der Waals surface area contributed by atoms with Gasteiger partial charge < -0.3 is 10.1 Å². The maximum Gasteiger partial charge on any atom is 0.263 e. The van der Waals surface area contributed by atoms with Gasteiger partial charge in [-0.15, -0.1) is 0 Å². The molecule has 2 aromatic heterocycles. The van der Waals surface area contributed by atoms with Crippen LogP contribution in [0.2, 0.25) is 0 Å². The van der Waals surface area contributed by atoms with Gasteiger partial charge in [0.15, 0.2) is 6.61 Å². The molecule has 0 saturated carbocycles. The second-order valence-electron chi connectivity index (χ2n) is 6.29. The summed E-state index contributed by atoms with van der Waals surface area (Å²) in [6, 6.07) is 9.16. The number of hydrogen-bond acceptors (Lipinski definition) is 5. The highest BCUT2D eigenvalue weighted by molar-refractivity contribution is 5.91. The first-order chi connectivity index (χ1) is 12.8. The molecule has 0 saturated heterocycles. The van der Waals surface area contributed by atoms with Crippen LogP contribution in [0.25, 0.3) is 5.95 Å². The van der Waals surface area contributed by atoms with Crippen LogP contribution in [0.15, 0.2) is 35.1 Å². The van der Waals surface area contributed by atoms with Crippen molar-refractivity contribution >= 4 is 11.7 Å². The van der Waals surface area contributed by atoms with Gasteiger partial charge in [-0.1, -0.05) is 18.2 Å². The number of nitrogens with zero attached hydrogens (tertiary/aromatic N) is 3. The number of carbonyl (C=O) groups is 1. The minimum atomic E-state index is -0.342. The smallest absolute Gasteiger partial charge is 0.263 e. The Hall–Kier alpha value is -3.42. The van der Waals surface area contributed by atoms with E-state index in [2.05, 4.69) is 20.4 Å². The van der Waals surface area contributed by atoms with E-state index in [4.69, 9.17) is 4.74 Å². The van der Waals surface area contributed by atoms with E-state index in [-0.39, 0.29) is 24.0 Å². The van der Waals surface area contributed by atoms with Gasteiger partial charge in [0.2, 0.25) is 5.95 Å². The van der Waals surface area contributed by atoms with E-state index in [1.807, 2.05) is 25.1 Å². The molecule has 0 atom stereocenters. The molecule has 0 aliphatic carbocycles. The van der Waals surface area contributed by atoms with Crippen molar-refractivity contribution < 1.29 is 9.53 Å². The number of aromatic amines is 1. The molecule has 2 heterocycles. The van der Waals surface area contributed by atoms with Crippen molar-refractivity contribution in [3.8, 4) is 11.7 Å². The fourth-order valence-electron chi connectivity index (χ4n) is 2.52. The number of nitrogens with one attached hydrogen (secondary N) is 2. The molecule has 8 heteroatoms. The summed E-state index contributed by atoms with van der Waals surface area (Å²) in [7, 11) is 0. The maximum atomic E-state index is 12.3. The van der Waals surface area contributed by atoms with Gasteiger partial charge in [-0.25, -0.2) is 4.98 Å². The van der Waals surface area contributed by atoms with Crippen LogP contribution in [0.5, 0.6) is 5.75 Å². The van der Waals surface area contributed by atoms with Gasteiger partial charge in [0, 0.05) is 17.3 Å². The first kappa shape index (κ1) is 18.4. The van der Waals surface area contributed by atoms with E-state index >= 15 is 0 Å². The van der Waals surface area contributed by atoms with Crippen molar-refractivity contribution in [1.82, 2.24) is 19.7 Å². The van der Waals surface area contributed by atoms with Gasteiger partial charge in [-0.05, 0) is 39.3 Å². The van der Waals surface area contributed by atoms with E-state index < -0.39 is 0 Å². The summed E-state index contributed by atoms with van der Waals surface area (Å²) in [4.78, 5) is 31.4. The summed E-state index contributed by atoms with van der Waals surface area (Å²) in [6.45, 7) is 7.00. The summed E-state index contributed by atoms with van der Waals surface area (Å²) in [6.07, 6.45) is 0. The number of aromatic nitrogens is 4. The Morgan fingerprint density at radius 3 is 2.67 bits per heavy atom. The minimum Gasteiger partial charge on any atom is -0.483 e. The quantitative estimate of drug-likeness (QED) is 0.720. The highest BCUT2D eigenvalue weighted by Gasteiger charge is 2.14. The monoisotopic (exact) mass is 367 g/mol. The van der Waals surface area contributed by atoms with Crippen LogP contribution in [0.4, 0.5) is 5.82 Å². The third-order valence-corrected chi connectivity index (χ3v) is 4.13. The molecule has 0 aliphatic rings. The predicted octanol–water partition coefficient (Wildman–Crippen LogP) is 2.21. The van der Waals surface area contributed by atoms with E-state index in [0.29, 0.717) is 28.5 Å². The standard InChI is InChI=1S/C19H21N5O3/c1-11-7-5-6-8-15(11)27-10-17(25)21-16-9-12(2)23-24(16)19-20-14(4)13(3)18(26)22-19/h5-9H,10H2,1-4H3,(H,21,25)(H,20,22,26). The summed E-state index contributed by atoms with van der Waals surface area (Å²) < 4.78 is 6.96. The summed E-state index contributed by atoms with van der Waals surface area (Å²) in [5.74, 6) is 0.951. The third-order valence-electron chi connectivity index (χ3n) is 4.13. The lowest BCUT2D eigenvalue weighted by atomic mass is 10.2. The Bertz CT molecular complexity index is 1050. The summed E-state index contributed by atoms with van der Waals surface area (Å²) >= 11 is 0. The Labute approximate surface area is 156 Å². The summed E-state index contributed by atoms with van der Waals surface area (Å²) in [5, 5.41) is 7.05. The van der Waals surface area contributed by atoms with Crippen molar-refractivity contribution in [1.29, 1.82) is 0 Å². The Morgan fingerprint density at radius 2 is 1.96 bits per heavy atom. The van der Waals surface area contributed by atoms with Gasteiger partial charge in [0.05, 0.1) is 5.69 Å². The lowest BCUT2D eigenvalue weighted by Gasteiger charge is -2.11. The van der Waals surface area contributed by atoms with Crippen molar-refractivity contribution in [2.24, 2.45) is 0 Å². The molecule has 0 radical (unpaired) electrons. The fourth-order valence-corrected chi connectivity index (χ4v) is 2.52. The molecule has 0 unspecified atom stereocenters. The van der Waals surface area contributed by atoms with E-state index in [1.165, 1.54) is 4.68 Å². The highest BCUT2D eigenvalue weighted by atomic mass is 16.5. The van der Waals surface area contributed by atoms with Crippen molar-refractivity contribution in [2.75, 3.05) is 11.9 Å². The first-order valence-electron chi connectivity index (χ1n) is 8.48. The molecule has 0 bridgehead atoms. The lowest BCUT2D eigenvalue weighted by Crippen LogP contribution is -2.24. The van der Waals surface area contributed by atoms with Crippen LogP contribution in [-0.2, 0) is 4.79 Å². The van der Waals surface area contributed by atoms with Crippen molar-refractivity contribution in [3.63, 3.8) is 0 Å². The van der Waals surface area contributed by atoms with Crippen LogP contribution in [-0.4, -0.2) is 32.3 Å². The number of H-pyrrole nitrogens is 1. The lowest BCUT2D eigenvalue weighted by molar-refractivity contribution is -0.118. The third kappa shape index (κ3) is 4.05. The van der Waals surface area contributed by atoms with Crippen molar-refractivity contribution in [2.45, 2.75) is 27.7 Å². The average molecular weight is 367 g/mol. The number of anilines is 1. The van der Waals surface area contributed by atoms with Gasteiger partial charge in [0.25, 0.3) is 11.5 Å². The number of benzene rings is 1. The number of para-hydroxylation sites is 1. The van der Waals surface area contributed by atoms with E-state index in [1.54, 1.807) is 32.9 Å². The van der Waals surface area contributed by atoms with Gasteiger partial charge in [-0.3, -0.25) is 14.6 Å². The average Bonchev–Trinajstić information content (AvgIpc) is 2.98. The minimum absolute atomic E-state index is 0.147. The maximum absolute atomic E-state index is 12.3. The van der Waals surface area contributed by atoms with Crippen LogP contribution < -0.4 is 15.6 Å². The largest absolute Gasteiger partial charge is 0.483 e. The molecule has 0 spiro atoms. The zero-order valence-corrected chi connectivity index (χ0v) is 15.7. The number of amides is 1. The number of ether oxygens (including phenoxy) is 1. The molecular weight excluding hydrogens is 346 g/mol. The SMILES string of the molecule is Cc1cc(NC(=O)COc2ccccc2C)n(-c2nc(C)c(C)c(=O)[nH]2)n1. The topological polar surface area (TPSA) is 102 Å². The molecule has 0 fully saturated rings. The molecule has 3 rings (SSSR count). The first-order valence-corrected chi connectivity index (χ1v) is 8.48. The number of carbonyl (C=O) groups excluding carboxylic acids is 1. The molecule has 0 aliphatic heterocycles. The zero-order chi connectivity index (χ0) is 19.6. The number of rotatable bonds is 5. The van der Waals surface area contributed by atoms with E-state index in [0.717, 1.165) is 5.56 Å². The Morgan fingerprint density at radius 1 is 1.22 bits per heavy atom. The van der Waals surface area contributed by atoms with Gasteiger partial charge in [0.1, 0.15) is 11.6 Å². The van der Waals surface area contributed by atoms with Crippen molar-refractivity contribution in [3.05, 3.63) is 63.2 Å². The molecule has 2 N–H and O–H groups in total. The molecule has 3 aromatic rings. The molecule has 27 heavy (non-hydrogen) atoms. The zero-order valence-electron chi connectivity index (χ0n) is 15.7. The fraction of sp³-hybridized carbons (Fsp3) is 0.263. The molecule has 1 amide bonds. The van der Waals surface area contributed by atoms with Crippen LogP contribution >= 0.6 is 0 Å². The van der Waals surface area contributed by atoms with Crippen LogP contribution in [0, 0.1) is 27.7 Å². The van der Waals surface area contributed by atoms with Crippen LogP contribution in [0.1, 0.15) is 22.5 Å². The van der Waals surface area contributed by atoms with Gasteiger partial charge >= 0.3 is 0 Å². The van der Waals surface area contributed by atoms with Crippen LogP contribution in [0.3, 0.4) is 0 Å². The summed E-state index contributed by atoms with van der Waals surface area (Å²) in [5.41, 5.74) is 2.52. The molecule has 8 nitrogen and oxygen atoms in total. The highest BCUT2D eigenvalue weighted by Crippen LogP contribution is 2.17. The Kier molecular flexibility index (Phi) is 5.07. The predicted molar refractivity (Wildman–Crippen MR) is 101 cm³/mol. The van der Waals surface area contributed by atoms with Gasteiger partial charge in [-0.2, -0.15) is 9.78 Å². The molecule has 1 aromatic carbocycles. The van der Waals surface area contributed by atoms with E-state index in [9.17, 15) is 9.59 Å². The number of aryl methyl sites for hydroxylation is 3.